The summed E-state index contributed by atoms with van der Waals surface area (Å²) in [5.74, 6) is 0.456. The molecule has 10 heteroatoms. The van der Waals surface area contributed by atoms with E-state index in [2.05, 4.69) is 50.2 Å². The van der Waals surface area contributed by atoms with Crippen molar-refractivity contribution in [1.82, 2.24) is 0 Å². The second-order valence-electron chi connectivity index (χ2n) is 12.0. The Hall–Kier alpha value is -2.50. The molecular formula is C33H39F2O6S2+. The highest BCUT2D eigenvalue weighted by atomic mass is 32.2. The van der Waals surface area contributed by atoms with E-state index >= 15 is 0 Å². The predicted octanol–water partition coefficient (Wildman–Crippen LogP) is 7.63. The van der Waals surface area contributed by atoms with Crippen LogP contribution in [0.1, 0.15) is 58.4 Å². The molecule has 1 aliphatic heterocycles. The zero-order valence-corrected chi connectivity index (χ0v) is 26.3. The van der Waals surface area contributed by atoms with Gasteiger partial charge in [-0.25, -0.2) is 0 Å². The molecule has 5 rings (SSSR count). The molecular weight excluding hydrogens is 594 g/mol. The van der Waals surface area contributed by atoms with Crippen molar-refractivity contribution in [3.8, 4) is 5.75 Å². The summed E-state index contributed by atoms with van der Waals surface area (Å²) in [6.45, 7) is 6.07. The Morgan fingerprint density at radius 1 is 0.860 bits per heavy atom. The van der Waals surface area contributed by atoms with Crippen LogP contribution in [0.15, 0.2) is 93.5 Å². The van der Waals surface area contributed by atoms with Crippen LogP contribution in [0, 0.1) is 5.92 Å². The maximum atomic E-state index is 14.0. The van der Waals surface area contributed by atoms with Gasteiger partial charge >= 0.3 is 15.4 Å². The van der Waals surface area contributed by atoms with Crippen LogP contribution in [-0.4, -0.2) is 43.1 Å². The fourth-order valence-corrected chi connectivity index (χ4v) is 8.40. The third-order valence-corrected chi connectivity index (χ3v) is 11.6. The number of benzene rings is 3. The second kappa shape index (κ2) is 12.5. The van der Waals surface area contributed by atoms with Crippen molar-refractivity contribution in [3.63, 3.8) is 0 Å². The van der Waals surface area contributed by atoms with Crippen molar-refractivity contribution in [2.24, 2.45) is 5.92 Å². The first-order valence-electron chi connectivity index (χ1n) is 14.6. The summed E-state index contributed by atoms with van der Waals surface area (Å²) in [4.78, 5) is 3.09. The summed E-state index contributed by atoms with van der Waals surface area (Å²) in [7, 11) is -6.14. The van der Waals surface area contributed by atoms with E-state index < -0.39 is 38.0 Å². The Bertz CT molecular complexity index is 1460. The van der Waals surface area contributed by atoms with Gasteiger partial charge in [0.25, 0.3) is 0 Å². The molecule has 1 N–H and O–H groups in total. The van der Waals surface area contributed by atoms with E-state index in [4.69, 9.17) is 18.8 Å². The zero-order chi connectivity index (χ0) is 30.9. The molecule has 3 aromatic rings. The lowest BCUT2D eigenvalue weighted by Crippen LogP contribution is -2.53. The van der Waals surface area contributed by atoms with Gasteiger partial charge < -0.3 is 14.2 Å². The Kier molecular flexibility index (Phi) is 9.26. The number of ether oxygens (including phenoxy) is 3. The van der Waals surface area contributed by atoms with E-state index in [9.17, 15) is 17.2 Å². The van der Waals surface area contributed by atoms with Gasteiger partial charge in [-0.05, 0) is 93.6 Å². The average molecular weight is 634 g/mol. The third-order valence-electron chi connectivity index (χ3n) is 8.37. The van der Waals surface area contributed by atoms with E-state index in [1.54, 1.807) is 12.1 Å². The SMILES string of the molecule is CC(Oc1ccc([S+](c2ccccc2)c2ccc(C3(C4CCCCC4)COC(C)(C)CO3)cc2)cc1)C(F)(F)S(=O)(=O)O. The van der Waals surface area contributed by atoms with E-state index in [1.165, 1.54) is 31.4 Å². The summed E-state index contributed by atoms with van der Waals surface area (Å²) in [6, 6.07) is 25.3. The van der Waals surface area contributed by atoms with Crippen LogP contribution in [0.5, 0.6) is 5.75 Å². The number of halogens is 2. The number of hydrogen-bond acceptors (Lipinski definition) is 5. The molecule has 6 nitrogen and oxygen atoms in total. The quantitative estimate of drug-likeness (QED) is 0.193. The number of rotatable bonds is 9. The summed E-state index contributed by atoms with van der Waals surface area (Å²) >= 11 is 0. The van der Waals surface area contributed by atoms with Crippen LogP contribution in [0.4, 0.5) is 8.78 Å². The van der Waals surface area contributed by atoms with Crippen LogP contribution in [0.3, 0.4) is 0 Å². The molecule has 43 heavy (non-hydrogen) atoms. The van der Waals surface area contributed by atoms with Crippen molar-refractivity contribution in [2.75, 3.05) is 13.2 Å². The summed E-state index contributed by atoms with van der Waals surface area (Å²) in [5, 5.41) is -4.44. The number of alkyl halides is 2. The van der Waals surface area contributed by atoms with Gasteiger partial charge in [0.2, 0.25) is 0 Å². The minimum atomic E-state index is -5.62. The molecule has 0 aromatic heterocycles. The van der Waals surface area contributed by atoms with Gasteiger partial charge in [-0.1, -0.05) is 49.6 Å². The van der Waals surface area contributed by atoms with Gasteiger partial charge in [0, 0.05) is 0 Å². The molecule has 1 aliphatic carbocycles. The van der Waals surface area contributed by atoms with Crippen molar-refractivity contribution in [3.05, 3.63) is 84.4 Å². The van der Waals surface area contributed by atoms with Crippen molar-refractivity contribution in [2.45, 2.75) is 90.1 Å². The molecule has 3 unspecified atom stereocenters. The van der Waals surface area contributed by atoms with Gasteiger partial charge in [-0.3, -0.25) is 4.55 Å². The standard InChI is InChI=1S/C33H38F2O6S2/c1-24(33(34,35)43(36,37)38)41-27-16-20-30(21-17-27)42(28-12-8-5-9-13-28)29-18-14-26(15-19-29)32(25-10-6-4-7-11-25)23-39-31(2,3)22-40-32/h5,8-9,12-21,24-25H,4,6-7,10-11,22-23H2,1-3H3/p+1. The highest BCUT2D eigenvalue weighted by molar-refractivity contribution is 7.97. The first kappa shape index (κ1) is 31.9. The first-order valence-corrected chi connectivity index (χ1v) is 17.3. The Morgan fingerprint density at radius 2 is 1.42 bits per heavy atom. The lowest BCUT2D eigenvalue weighted by molar-refractivity contribution is -0.251. The van der Waals surface area contributed by atoms with Crippen molar-refractivity contribution >= 4 is 21.0 Å². The average Bonchev–Trinajstić information content (AvgIpc) is 2.99. The minimum Gasteiger partial charge on any atom is -0.483 e. The maximum Gasteiger partial charge on any atom is 0.405 e. The smallest absolute Gasteiger partial charge is 0.405 e. The van der Waals surface area contributed by atoms with Crippen LogP contribution >= 0.6 is 0 Å². The molecule has 232 valence electrons. The number of hydrogen-bond donors (Lipinski definition) is 1. The monoisotopic (exact) mass is 633 g/mol. The first-order chi connectivity index (χ1) is 20.3. The lowest BCUT2D eigenvalue weighted by Gasteiger charge is -2.49. The van der Waals surface area contributed by atoms with Gasteiger partial charge in [-0.2, -0.15) is 17.2 Å². The topological polar surface area (TPSA) is 82.1 Å². The maximum absolute atomic E-state index is 14.0. The Balaban J connectivity index is 1.45. The molecule has 2 aliphatic rings. The molecule has 0 amide bonds. The molecule has 0 bridgehead atoms. The third kappa shape index (κ3) is 6.78. The van der Waals surface area contributed by atoms with E-state index in [-0.39, 0.29) is 11.4 Å². The van der Waals surface area contributed by atoms with Crippen molar-refractivity contribution in [1.29, 1.82) is 0 Å². The molecule has 3 aromatic carbocycles. The van der Waals surface area contributed by atoms with E-state index in [0.29, 0.717) is 19.1 Å². The summed E-state index contributed by atoms with van der Waals surface area (Å²) in [5.41, 5.74) is 0.306. The summed E-state index contributed by atoms with van der Waals surface area (Å²) in [6.07, 6.45) is 3.79. The van der Waals surface area contributed by atoms with Gasteiger partial charge in [0.15, 0.2) is 20.8 Å². The Morgan fingerprint density at radius 3 is 1.95 bits per heavy atom. The van der Waals surface area contributed by atoms with Gasteiger partial charge in [0.05, 0.1) is 29.7 Å². The minimum absolute atomic E-state index is 0.0679. The van der Waals surface area contributed by atoms with Gasteiger partial charge in [0.1, 0.15) is 11.4 Å². The molecule has 1 saturated carbocycles. The highest BCUT2D eigenvalue weighted by Gasteiger charge is 2.51. The van der Waals surface area contributed by atoms with Crippen LogP contribution < -0.4 is 4.74 Å². The van der Waals surface area contributed by atoms with Crippen molar-refractivity contribution < 1.29 is 36.0 Å². The molecule has 1 saturated heterocycles. The zero-order valence-electron chi connectivity index (χ0n) is 24.7. The second-order valence-corrected chi connectivity index (χ2v) is 15.5. The lowest BCUT2D eigenvalue weighted by atomic mass is 9.73. The fraction of sp³-hybridized carbons (Fsp3) is 0.455. The molecule has 0 spiro atoms. The van der Waals surface area contributed by atoms with Crippen LogP contribution in [0.25, 0.3) is 0 Å². The van der Waals surface area contributed by atoms with Crippen LogP contribution in [0.2, 0.25) is 0 Å². The predicted molar refractivity (Wildman–Crippen MR) is 162 cm³/mol. The van der Waals surface area contributed by atoms with E-state index in [1.807, 2.05) is 18.2 Å². The molecule has 1 heterocycles. The molecule has 2 fully saturated rings. The highest BCUT2D eigenvalue weighted by Crippen LogP contribution is 2.46. The van der Waals surface area contributed by atoms with Crippen LogP contribution in [-0.2, 0) is 36.1 Å². The normalized spacial score (nSPS) is 22.9. The molecule has 0 radical (unpaired) electrons. The molecule has 3 atom stereocenters. The van der Waals surface area contributed by atoms with E-state index in [0.717, 1.165) is 40.0 Å². The Labute approximate surface area is 255 Å². The summed E-state index contributed by atoms with van der Waals surface area (Å²) < 4.78 is 77.5. The fourth-order valence-electron chi connectivity index (χ4n) is 5.87. The largest absolute Gasteiger partial charge is 0.483 e. The van der Waals surface area contributed by atoms with Gasteiger partial charge in [-0.15, -0.1) is 0 Å².